The number of ether oxygens (including phenoxy) is 4. The number of carbonyl (C=O) groups is 2. The van der Waals surface area contributed by atoms with Crippen LogP contribution in [0.15, 0.2) is 48.7 Å². The number of allylic oxidation sites excluding steroid dienone is 1. The van der Waals surface area contributed by atoms with Crippen LogP contribution >= 0.6 is 0 Å². The number of ketones is 1. The zero-order valence-electron chi connectivity index (χ0n) is 30.9. The first kappa shape index (κ1) is 38.8. The highest BCUT2D eigenvalue weighted by atomic mass is 16.7. The molecule has 0 radical (unpaired) electrons. The molecular weight excluding hydrogens is 626 g/mol. The molecule has 0 aliphatic carbocycles. The molecule has 0 amide bonds. The minimum absolute atomic E-state index is 0.0731. The number of rotatable bonds is 8. The molecule has 2 aliphatic rings. The van der Waals surface area contributed by atoms with Crippen LogP contribution < -0.4 is 0 Å². The summed E-state index contributed by atoms with van der Waals surface area (Å²) in [4.78, 5) is 32.0. The van der Waals surface area contributed by atoms with Gasteiger partial charge in [0.05, 0.1) is 36.6 Å². The molecule has 0 saturated carbocycles. The van der Waals surface area contributed by atoms with E-state index in [4.69, 9.17) is 18.9 Å². The summed E-state index contributed by atoms with van der Waals surface area (Å²) in [7, 11) is 7.44. The summed E-state index contributed by atoms with van der Waals surface area (Å²) in [6.45, 7) is 12.2. The van der Waals surface area contributed by atoms with Gasteiger partial charge in [-0.05, 0) is 67.6 Å². The molecule has 12 nitrogen and oxygen atoms in total. The molecular formula is C37H57N5O7. The molecule has 2 saturated heterocycles. The number of hydrogen-bond acceptors (Lipinski definition) is 11. The molecule has 272 valence electrons. The SMILES string of the molecule is CO[C@]1(C)C[C@@H](C)CN(C)[C@H](/C=C/Cn2cc(-c3ccccc3)nn2)COC(=O)C(C)(C)C(=O)[C@H](C)[C@H]1O[C@@H]1O[C@H](C)C[C@H](N(C)C)[C@H]1O. The standard InChI is InChI=1S/C37H57N5O7/c1-24-20-37(6,46-10)33(49-34-31(43)30(40(7)8)19-25(2)48-34)26(3)32(44)36(4,5)35(45)47-23-28(41(9)21-24)17-14-18-42-22-29(38-39-42)27-15-12-11-13-16-27/h11-17,22,24-26,28,30-31,33-34,43H,18-21,23H2,1-10H3/b17-14+/t24-,25-,26+,28-,30+,31-,33-,34+,37-/m1/s1. The lowest BCUT2D eigenvalue weighted by Gasteiger charge is -2.47. The Morgan fingerprint density at radius 1 is 1.12 bits per heavy atom. The Balaban J connectivity index is 1.59. The topological polar surface area (TPSA) is 128 Å². The van der Waals surface area contributed by atoms with Crippen molar-refractivity contribution < 1.29 is 33.6 Å². The Morgan fingerprint density at radius 3 is 2.47 bits per heavy atom. The number of aliphatic hydroxyl groups is 1. The van der Waals surface area contributed by atoms with Gasteiger partial charge in [-0.2, -0.15) is 0 Å². The van der Waals surface area contributed by atoms with E-state index in [-0.39, 0.29) is 36.5 Å². The van der Waals surface area contributed by atoms with Crippen LogP contribution in [0.25, 0.3) is 11.3 Å². The highest BCUT2D eigenvalue weighted by Gasteiger charge is 2.51. The molecule has 9 atom stereocenters. The molecule has 3 heterocycles. The van der Waals surface area contributed by atoms with Gasteiger partial charge < -0.3 is 29.0 Å². The number of cyclic esters (lactones) is 1. The number of carbonyl (C=O) groups excluding carboxylic acids is 2. The first-order chi connectivity index (χ1) is 23.1. The van der Waals surface area contributed by atoms with Gasteiger partial charge in [-0.3, -0.25) is 14.5 Å². The lowest BCUT2D eigenvalue weighted by atomic mass is 9.74. The van der Waals surface area contributed by atoms with Gasteiger partial charge in [0.25, 0.3) is 0 Å². The molecule has 0 bridgehead atoms. The number of methoxy groups -OCH3 is 1. The molecule has 2 aromatic rings. The van der Waals surface area contributed by atoms with Crippen molar-refractivity contribution in [3.63, 3.8) is 0 Å². The highest BCUT2D eigenvalue weighted by molar-refractivity contribution is 6.04. The third-order valence-corrected chi connectivity index (χ3v) is 10.2. The minimum atomic E-state index is -1.47. The quantitative estimate of drug-likeness (QED) is 0.248. The average Bonchev–Trinajstić information content (AvgIpc) is 3.54. The van der Waals surface area contributed by atoms with Crippen LogP contribution in [-0.2, 0) is 35.1 Å². The summed E-state index contributed by atoms with van der Waals surface area (Å²) in [5.41, 5.74) is -0.652. The number of likely N-dealkylation sites (N-methyl/N-ethyl adjacent to an activating group) is 2. The Morgan fingerprint density at radius 2 is 1.82 bits per heavy atom. The molecule has 1 N–H and O–H groups in total. The Bertz CT molecular complexity index is 1410. The average molecular weight is 684 g/mol. The van der Waals surface area contributed by atoms with E-state index in [0.717, 1.165) is 11.3 Å². The number of nitrogens with zero attached hydrogens (tertiary/aromatic N) is 5. The van der Waals surface area contributed by atoms with E-state index >= 15 is 0 Å². The van der Waals surface area contributed by atoms with E-state index in [1.165, 1.54) is 0 Å². The number of benzene rings is 1. The van der Waals surface area contributed by atoms with Crippen molar-refractivity contribution in [1.82, 2.24) is 24.8 Å². The second-order valence-corrected chi connectivity index (χ2v) is 15.0. The molecule has 0 unspecified atom stereocenters. The third kappa shape index (κ3) is 9.22. The van der Waals surface area contributed by atoms with Crippen LogP contribution in [0.4, 0.5) is 0 Å². The van der Waals surface area contributed by atoms with Gasteiger partial charge in [-0.15, -0.1) is 5.10 Å². The van der Waals surface area contributed by atoms with Crippen LogP contribution in [0.2, 0.25) is 0 Å². The second-order valence-electron chi connectivity index (χ2n) is 15.0. The predicted octanol–water partition coefficient (Wildman–Crippen LogP) is 3.83. The summed E-state index contributed by atoms with van der Waals surface area (Å²) in [5.74, 6) is -1.65. The first-order valence-corrected chi connectivity index (χ1v) is 17.3. The Kier molecular flexibility index (Phi) is 12.9. The fourth-order valence-electron chi connectivity index (χ4n) is 7.22. The van der Waals surface area contributed by atoms with E-state index < -0.39 is 41.4 Å². The van der Waals surface area contributed by atoms with E-state index in [1.807, 2.05) is 88.6 Å². The van der Waals surface area contributed by atoms with Gasteiger partial charge in [0.1, 0.15) is 23.8 Å². The molecule has 49 heavy (non-hydrogen) atoms. The van der Waals surface area contributed by atoms with Crippen molar-refractivity contribution >= 4 is 11.8 Å². The van der Waals surface area contributed by atoms with Gasteiger partial charge in [-0.1, -0.05) is 61.5 Å². The fraction of sp³-hybridized carbons (Fsp3) is 0.676. The minimum Gasteiger partial charge on any atom is -0.463 e. The number of Topliss-reactive ketones (excluding diaryl/α,β-unsaturated/α-hetero) is 1. The van der Waals surface area contributed by atoms with E-state index in [2.05, 4.69) is 22.1 Å². The molecule has 4 rings (SSSR count). The van der Waals surface area contributed by atoms with Gasteiger partial charge in [0, 0.05) is 31.2 Å². The molecule has 0 spiro atoms. The van der Waals surface area contributed by atoms with Gasteiger partial charge in [0.2, 0.25) is 0 Å². The van der Waals surface area contributed by atoms with Crippen LogP contribution in [-0.4, -0.2) is 125 Å². The molecule has 2 aliphatic heterocycles. The zero-order valence-corrected chi connectivity index (χ0v) is 30.9. The Hall–Kier alpha value is -3.00. The van der Waals surface area contributed by atoms with E-state index in [0.29, 0.717) is 25.9 Å². The molecule has 2 fully saturated rings. The lowest BCUT2D eigenvalue weighted by molar-refractivity contribution is -0.295. The van der Waals surface area contributed by atoms with Crippen LogP contribution in [0.5, 0.6) is 0 Å². The summed E-state index contributed by atoms with van der Waals surface area (Å²) in [6.07, 6.45) is 4.13. The first-order valence-electron chi connectivity index (χ1n) is 17.3. The largest absolute Gasteiger partial charge is 0.463 e. The number of esters is 1. The number of hydrogen-bond donors (Lipinski definition) is 1. The Labute approximate surface area is 291 Å². The maximum Gasteiger partial charge on any atom is 0.319 e. The van der Waals surface area contributed by atoms with Crippen molar-refractivity contribution in [1.29, 1.82) is 0 Å². The fourth-order valence-corrected chi connectivity index (χ4v) is 7.22. The van der Waals surface area contributed by atoms with E-state index in [1.54, 1.807) is 32.6 Å². The summed E-state index contributed by atoms with van der Waals surface area (Å²) < 4.78 is 26.6. The van der Waals surface area contributed by atoms with Crippen molar-refractivity contribution in [2.45, 2.75) is 103 Å². The summed E-state index contributed by atoms with van der Waals surface area (Å²) >= 11 is 0. The third-order valence-electron chi connectivity index (χ3n) is 10.2. The van der Waals surface area contributed by atoms with Gasteiger partial charge in [-0.25, -0.2) is 4.68 Å². The van der Waals surface area contributed by atoms with Crippen LogP contribution in [0.3, 0.4) is 0 Å². The van der Waals surface area contributed by atoms with Crippen molar-refractivity contribution in [3.05, 3.63) is 48.7 Å². The monoisotopic (exact) mass is 683 g/mol. The van der Waals surface area contributed by atoms with Crippen molar-refractivity contribution in [2.24, 2.45) is 17.3 Å². The summed E-state index contributed by atoms with van der Waals surface area (Å²) in [6, 6.07) is 9.42. The summed E-state index contributed by atoms with van der Waals surface area (Å²) in [5, 5.41) is 19.9. The molecule has 1 aromatic heterocycles. The number of aliphatic hydroxyl groups excluding tert-OH is 1. The smallest absolute Gasteiger partial charge is 0.319 e. The lowest BCUT2D eigenvalue weighted by Crippen LogP contribution is -2.59. The van der Waals surface area contributed by atoms with Gasteiger partial charge >= 0.3 is 5.97 Å². The second kappa shape index (κ2) is 16.3. The normalized spacial score (nSPS) is 34.0. The van der Waals surface area contributed by atoms with E-state index in [9.17, 15) is 14.7 Å². The molecule has 1 aromatic carbocycles. The van der Waals surface area contributed by atoms with Crippen LogP contribution in [0.1, 0.15) is 54.4 Å². The number of aromatic nitrogens is 3. The maximum absolute atomic E-state index is 14.2. The predicted molar refractivity (Wildman–Crippen MR) is 186 cm³/mol. The van der Waals surface area contributed by atoms with Gasteiger partial charge in [0.15, 0.2) is 12.1 Å². The highest BCUT2D eigenvalue weighted by Crippen LogP contribution is 2.38. The van der Waals surface area contributed by atoms with Crippen molar-refractivity contribution in [3.8, 4) is 11.3 Å². The van der Waals surface area contributed by atoms with Crippen molar-refractivity contribution in [2.75, 3.05) is 41.4 Å². The zero-order chi connectivity index (χ0) is 36.1. The molecule has 12 heteroatoms. The maximum atomic E-state index is 14.2. The van der Waals surface area contributed by atoms with Crippen LogP contribution in [0, 0.1) is 17.3 Å².